The van der Waals surface area contributed by atoms with Crippen molar-refractivity contribution < 1.29 is 0 Å². The van der Waals surface area contributed by atoms with Gasteiger partial charge >= 0.3 is 5.69 Å². The molecule has 0 radical (unpaired) electrons. The van der Waals surface area contributed by atoms with E-state index < -0.39 is 0 Å². The van der Waals surface area contributed by atoms with Gasteiger partial charge in [-0.15, -0.1) is 0 Å². The second-order valence-electron chi connectivity index (χ2n) is 8.16. The van der Waals surface area contributed by atoms with Crippen LogP contribution in [-0.4, -0.2) is 25.2 Å². The van der Waals surface area contributed by atoms with E-state index in [1.54, 1.807) is 7.05 Å². The molecular formula is C21H27N5O2. The number of hydrogen-bond acceptors (Lipinski definition) is 4. The van der Waals surface area contributed by atoms with Gasteiger partial charge in [0.25, 0.3) is 5.56 Å². The predicted molar refractivity (Wildman–Crippen MR) is 112 cm³/mol. The molecule has 7 heteroatoms. The number of nitrogens with zero attached hydrogens (tertiary/aromatic N) is 5. The standard InChI is InChI=1S/C21H27N5O2/c1-13(2)8-9-26-19(27)17-18(23(5)21(26)28)22-20-24(10-11-25(17)20)16-7-6-14(3)12-15(16)4/h6-7,12-13H,8-11H2,1-5H3. The summed E-state index contributed by atoms with van der Waals surface area (Å²) in [5, 5.41) is 0. The molecule has 0 unspecified atom stereocenters. The lowest BCUT2D eigenvalue weighted by Gasteiger charge is -2.19. The summed E-state index contributed by atoms with van der Waals surface area (Å²) in [6.07, 6.45) is 0.788. The van der Waals surface area contributed by atoms with Crippen LogP contribution in [0.3, 0.4) is 0 Å². The number of fused-ring (bicyclic) bond motifs is 3. The third kappa shape index (κ3) is 2.77. The highest BCUT2D eigenvalue weighted by Crippen LogP contribution is 2.33. The molecule has 0 bridgehead atoms. The highest BCUT2D eigenvalue weighted by atomic mass is 16.2. The van der Waals surface area contributed by atoms with Crippen LogP contribution in [0.15, 0.2) is 27.8 Å². The molecule has 0 fully saturated rings. The Morgan fingerprint density at radius 2 is 1.89 bits per heavy atom. The maximum absolute atomic E-state index is 13.2. The van der Waals surface area contributed by atoms with E-state index in [1.165, 1.54) is 20.3 Å². The summed E-state index contributed by atoms with van der Waals surface area (Å²) in [6.45, 7) is 10.2. The molecule has 1 aliphatic rings. The van der Waals surface area contributed by atoms with Gasteiger partial charge in [-0.2, -0.15) is 4.98 Å². The Morgan fingerprint density at radius 3 is 2.57 bits per heavy atom. The van der Waals surface area contributed by atoms with Crippen molar-refractivity contribution in [3.63, 3.8) is 0 Å². The minimum absolute atomic E-state index is 0.236. The second kappa shape index (κ2) is 6.65. The lowest BCUT2D eigenvalue weighted by molar-refractivity contribution is 0.487. The number of benzene rings is 1. The first-order valence-corrected chi connectivity index (χ1v) is 9.84. The summed E-state index contributed by atoms with van der Waals surface area (Å²) < 4.78 is 4.82. The van der Waals surface area contributed by atoms with Crippen molar-refractivity contribution in [3.8, 4) is 0 Å². The molecule has 0 N–H and O–H groups in total. The lowest BCUT2D eigenvalue weighted by Crippen LogP contribution is -2.40. The third-order valence-electron chi connectivity index (χ3n) is 5.57. The number of rotatable bonds is 4. The molecule has 0 atom stereocenters. The minimum Gasteiger partial charge on any atom is -0.310 e. The van der Waals surface area contributed by atoms with Crippen molar-refractivity contribution >= 4 is 22.8 Å². The monoisotopic (exact) mass is 381 g/mol. The summed E-state index contributed by atoms with van der Waals surface area (Å²) in [6, 6.07) is 6.33. The van der Waals surface area contributed by atoms with Crippen LogP contribution in [0.1, 0.15) is 31.4 Å². The van der Waals surface area contributed by atoms with Crippen LogP contribution >= 0.6 is 0 Å². The molecule has 1 aliphatic heterocycles. The van der Waals surface area contributed by atoms with Gasteiger partial charge in [-0.1, -0.05) is 31.5 Å². The van der Waals surface area contributed by atoms with E-state index in [0.29, 0.717) is 30.2 Å². The summed E-state index contributed by atoms with van der Waals surface area (Å²) in [4.78, 5) is 32.8. The van der Waals surface area contributed by atoms with E-state index in [1.807, 2.05) is 4.57 Å². The number of hydrogen-bond donors (Lipinski definition) is 0. The van der Waals surface area contributed by atoms with Gasteiger partial charge in [0.1, 0.15) is 0 Å². The Kier molecular flexibility index (Phi) is 4.40. The Balaban J connectivity index is 1.89. The fraction of sp³-hybridized carbons (Fsp3) is 0.476. The van der Waals surface area contributed by atoms with Gasteiger partial charge in [0.05, 0.1) is 0 Å². The van der Waals surface area contributed by atoms with Crippen molar-refractivity contribution in [1.82, 2.24) is 18.7 Å². The molecule has 148 valence electrons. The van der Waals surface area contributed by atoms with E-state index in [-0.39, 0.29) is 11.2 Å². The minimum atomic E-state index is -0.298. The zero-order valence-corrected chi connectivity index (χ0v) is 17.2. The number of anilines is 2. The molecule has 7 nitrogen and oxygen atoms in total. The molecule has 0 saturated carbocycles. The molecule has 2 aromatic heterocycles. The fourth-order valence-electron chi connectivity index (χ4n) is 4.00. The van der Waals surface area contributed by atoms with Crippen LogP contribution in [0.2, 0.25) is 0 Å². The molecule has 1 aromatic carbocycles. The van der Waals surface area contributed by atoms with Gasteiger partial charge in [-0.3, -0.25) is 13.9 Å². The topological polar surface area (TPSA) is 65.1 Å². The summed E-state index contributed by atoms with van der Waals surface area (Å²) in [5.41, 5.74) is 3.92. The Bertz CT molecular complexity index is 1180. The summed E-state index contributed by atoms with van der Waals surface area (Å²) in [5.74, 6) is 1.15. The second-order valence-corrected chi connectivity index (χ2v) is 8.16. The third-order valence-corrected chi connectivity index (χ3v) is 5.57. The van der Waals surface area contributed by atoms with Crippen LogP contribution in [0, 0.1) is 19.8 Å². The summed E-state index contributed by atoms with van der Waals surface area (Å²) >= 11 is 0. The summed E-state index contributed by atoms with van der Waals surface area (Å²) in [7, 11) is 1.69. The van der Waals surface area contributed by atoms with E-state index in [4.69, 9.17) is 4.98 Å². The highest BCUT2D eigenvalue weighted by molar-refractivity contribution is 5.78. The zero-order valence-electron chi connectivity index (χ0n) is 17.2. The predicted octanol–water partition coefficient (Wildman–Crippen LogP) is 2.71. The number of imidazole rings is 1. The smallest absolute Gasteiger partial charge is 0.310 e. The molecular weight excluding hydrogens is 354 g/mol. The SMILES string of the molecule is Cc1ccc(N2CCn3c2nc2c3c(=O)n(CCC(C)C)c(=O)n2C)c(C)c1. The van der Waals surface area contributed by atoms with E-state index in [2.05, 4.69) is 50.8 Å². The van der Waals surface area contributed by atoms with Crippen molar-refractivity contribution in [2.24, 2.45) is 13.0 Å². The fourth-order valence-corrected chi connectivity index (χ4v) is 4.00. The average molecular weight is 381 g/mol. The van der Waals surface area contributed by atoms with Crippen LogP contribution < -0.4 is 16.1 Å². The Hall–Kier alpha value is -2.83. The average Bonchev–Trinajstić information content (AvgIpc) is 3.19. The highest BCUT2D eigenvalue weighted by Gasteiger charge is 2.29. The normalized spacial score (nSPS) is 13.7. The van der Waals surface area contributed by atoms with E-state index >= 15 is 0 Å². The van der Waals surface area contributed by atoms with Crippen molar-refractivity contribution in [3.05, 3.63) is 50.2 Å². The van der Waals surface area contributed by atoms with Gasteiger partial charge in [-0.05, 0) is 37.8 Å². The maximum atomic E-state index is 13.2. The van der Waals surface area contributed by atoms with Crippen LogP contribution in [0.4, 0.5) is 11.6 Å². The lowest BCUT2D eigenvalue weighted by atomic mass is 10.1. The first kappa shape index (κ1) is 18.5. The first-order valence-electron chi connectivity index (χ1n) is 9.84. The molecule has 3 heterocycles. The maximum Gasteiger partial charge on any atom is 0.332 e. The molecule has 0 spiro atoms. The van der Waals surface area contributed by atoms with E-state index in [9.17, 15) is 9.59 Å². The van der Waals surface area contributed by atoms with E-state index in [0.717, 1.165) is 24.6 Å². The Morgan fingerprint density at radius 1 is 1.14 bits per heavy atom. The molecule has 4 rings (SSSR count). The molecule has 28 heavy (non-hydrogen) atoms. The molecule has 0 amide bonds. The van der Waals surface area contributed by atoms with Crippen molar-refractivity contribution in [2.75, 3.05) is 11.4 Å². The molecule has 0 saturated heterocycles. The van der Waals surface area contributed by atoms with Crippen LogP contribution in [-0.2, 0) is 20.1 Å². The van der Waals surface area contributed by atoms with Gasteiger partial charge < -0.3 is 9.47 Å². The van der Waals surface area contributed by atoms with Gasteiger partial charge in [0, 0.05) is 32.4 Å². The first-order chi connectivity index (χ1) is 13.3. The molecule has 0 aliphatic carbocycles. The Labute approximate surface area is 163 Å². The van der Waals surface area contributed by atoms with Crippen molar-refractivity contribution in [1.29, 1.82) is 0 Å². The quantitative estimate of drug-likeness (QED) is 0.697. The van der Waals surface area contributed by atoms with Gasteiger partial charge in [-0.25, -0.2) is 4.79 Å². The largest absolute Gasteiger partial charge is 0.332 e. The molecule has 3 aromatic rings. The zero-order chi connectivity index (χ0) is 20.2. The van der Waals surface area contributed by atoms with Crippen LogP contribution in [0.25, 0.3) is 11.2 Å². The van der Waals surface area contributed by atoms with Gasteiger partial charge in [0.15, 0.2) is 11.2 Å². The van der Waals surface area contributed by atoms with Gasteiger partial charge in [0.2, 0.25) is 5.95 Å². The van der Waals surface area contributed by atoms with Crippen LogP contribution in [0.5, 0.6) is 0 Å². The number of aromatic nitrogens is 4. The van der Waals surface area contributed by atoms with Crippen molar-refractivity contribution in [2.45, 2.75) is 47.2 Å². The number of aryl methyl sites for hydroxylation is 3.